The summed E-state index contributed by atoms with van der Waals surface area (Å²) in [5.74, 6) is 1.30. The number of aryl methyl sites for hydroxylation is 1. The van der Waals surface area contributed by atoms with Gasteiger partial charge in [0, 0.05) is 54.0 Å². The minimum Gasteiger partial charge on any atom is -0.489 e. The molecule has 0 unspecified atom stereocenters. The van der Waals surface area contributed by atoms with E-state index in [2.05, 4.69) is 10.3 Å². The van der Waals surface area contributed by atoms with Crippen LogP contribution in [0, 0.1) is 0 Å². The van der Waals surface area contributed by atoms with Crippen LogP contribution in [0.25, 0.3) is 16.7 Å². The largest absolute Gasteiger partial charge is 0.489 e. The van der Waals surface area contributed by atoms with Crippen molar-refractivity contribution in [2.75, 3.05) is 6.54 Å². The minimum atomic E-state index is -4.49. The maximum Gasteiger partial charge on any atom is 0.433 e. The topological polar surface area (TPSA) is 69.3 Å². The highest BCUT2D eigenvalue weighted by Crippen LogP contribution is 2.30. The predicted molar refractivity (Wildman–Crippen MR) is 123 cm³/mol. The van der Waals surface area contributed by atoms with E-state index in [4.69, 9.17) is 9.15 Å². The molecule has 0 spiro atoms. The Morgan fingerprint density at radius 3 is 2.74 bits per heavy atom. The van der Waals surface area contributed by atoms with E-state index in [1.54, 1.807) is 12.3 Å². The quantitative estimate of drug-likeness (QED) is 0.433. The van der Waals surface area contributed by atoms with Crippen LogP contribution < -0.4 is 15.6 Å². The lowest BCUT2D eigenvalue weighted by Gasteiger charge is -2.10. The summed E-state index contributed by atoms with van der Waals surface area (Å²) in [6, 6.07) is 10.9. The summed E-state index contributed by atoms with van der Waals surface area (Å²) in [7, 11) is 0. The number of benzene rings is 1. The molecule has 0 atom stereocenters. The van der Waals surface area contributed by atoms with Crippen molar-refractivity contribution in [3.8, 4) is 11.4 Å². The third-order valence-electron chi connectivity index (χ3n) is 5.61. The van der Waals surface area contributed by atoms with Gasteiger partial charge in [-0.25, -0.2) is 0 Å². The summed E-state index contributed by atoms with van der Waals surface area (Å²) in [6.07, 6.45) is 0.118. The Hall–Kier alpha value is -3.30. The fraction of sp³-hybridized carbons (Fsp3) is 0.250. The Kier molecular flexibility index (Phi) is 6.67. The molecule has 1 aliphatic rings. The van der Waals surface area contributed by atoms with Crippen LogP contribution in [0.15, 0.2) is 64.1 Å². The molecule has 178 valence electrons. The molecule has 0 saturated heterocycles. The Balaban J connectivity index is 0.00000274. The second-order valence-electron chi connectivity index (χ2n) is 7.87. The van der Waals surface area contributed by atoms with Gasteiger partial charge in [0.2, 0.25) is 0 Å². The van der Waals surface area contributed by atoms with E-state index in [1.807, 2.05) is 18.2 Å². The van der Waals surface area contributed by atoms with Crippen LogP contribution in [-0.2, 0) is 25.7 Å². The van der Waals surface area contributed by atoms with Gasteiger partial charge in [0.15, 0.2) is 0 Å². The molecule has 5 rings (SSSR count). The molecule has 1 N–H and O–H groups in total. The Morgan fingerprint density at radius 2 is 2.00 bits per heavy atom. The van der Waals surface area contributed by atoms with E-state index in [9.17, 15) is 18.0 Å². The SMILES string of the molecule is Cl.O=c1cc(OCc2ccc(C(F)(F)F)nc2)ccn1-c1ccc2c3c(oc2c1)CCCNC3. The molecule has 0 fully saturated rings. The van der Waals surface area contributed by atoms with E-state index in [1.165, 1.54) is 22.3 Å². The summed E-state index contributed by atoms with van der Waals surface area (Å²) in [5, 5.41) is 4.44. The van der Waals surface area contributed by atoms with E-state index in [-0.39, 0.29) is 24.6 Å². The van der Waals surface area contributed by atoms with E-state index < -0.39 is 11.9 Å². The number of rotatable bonds is 4. The normalized spacial score (nSPS) is 13.7. The summed E-state index contributed by atoms with van der Waals surface area (Å²) in [4.78, 5) is 16.1. The number of ether oxygens (including phenoxy) is 1. The second-order valence-corrected chi connectivity index (χ2v) is 7.87. The van der Waals surface area contributed by atoms with Gasteiger partial charge in [-0.2, -0.15) is 13.2 Å². The third kappa shape index (κ3) is 4.80. The highest BCUT2D eigenvalue weighted by atomic mass is 35.5. The monoisotopic (exact) mass is 491 g/mol. The second kappa shape index (κ2) is 9.52. The van der Waals surface area contributed by atoms with Crippen molar-refractivity contribution in [1.29, 1.82) is 0 Å². The van der Waals surface area contributed by atoms with Crippen LogP contribution in [0.1, 0.15) is 29.0 Å². The molecule has 0 bridgehead atoms. The maximum absolute atomic E-state index is 12.7. The molecule has 34 heavy (non-hydrogen) atoms. The van der Waals surface area contributed by atoms with Gasteiger partial charge < -0.3 is 14.5 Å². The summed E-state index contributed by atoms with van der Waals surface area (Å²) >= 11 is 0. The first kappa shape index (κ1) is 23.8. The first-order valence-corrected chi connectivity index (χ1v) is 10.5. The fourth-order valence-electron chi connectivity index (χ4n) is 3.93. The van der Waals surface area contributed by atoms with Gasteiger partial charge in [0.25, 0.3) is 5.56 Å². The number of pyridine rings is 2. The van der Waals surface area contributed by atoms with Gasteiger partial charge in [-0.3, -0.25) is 14.3 Å². The molecule has 0 radical (unpaired) electrons. The molecule has 1 aliphatic heterocycles. The number of alkyl halides is 3. The van der Waals surface area contributed by atoms with Crippen molar-refractivity contribution in [3.63, 3.8) is 0 Å². The number of aromatic nitrogens is 2. The van der Waals surface area contributed by atoms with Gasteiger partial charge in [0.05, 0.1) is 5.69 Å². The van der Waals surface area contributed by atoms with Gasteiger partial charge in [-0.05, 0) is 37.2 Å². The number of furan rings is 1. The predicted octanol–water partition coefficient (Wildman–Crippen LogP) is 5.03. The summed E-state index contributed by atoms with van der Waals surface area (Å²) in [6.45, 7) is 1.72. The maximum atomic E-state index is 12.7. The van der Waals surface area contributed by atoms with Crippen LogP contribution >= 0.6 is 12.4 Å². The lowest BCUT2D eigenvalue weighted by molar-refractivity contribution is -0.141. The molecular formula is C24H21ClF3N3O3. The average Bonchev–Trinajstić information content (AvgIpc) is 2.97. The number of hydrogen-bond donors (Lipinski definition) is 1. The van der Waals surface area contributed by atoms with Crippen LogP contribution in [-0.4, -0.2) is 16.1 Å². The average molecular weight is 492 g/mol. The zero-order valence-corrected chi connectivity index (χ0v) is 18.7. The minimum absolute atomic E-state index is 0. The van der Waals surface area contributed by atoms with Gasteiger partial charge in [0.1, 0.15) is 29.4 Å². The molecule has 6 nitrogen and oxygen atoms in total. The van der Waals surface area contributed by atoms with E-state index in [0.29, 0.717) is 17.0 Å². The van der Waals surface area contributed by atoms with E-state index in [0.717, 1.165) is 54.9 Å². The zero-order valence-electron chi connectivity index (χ0n) is 17.9. The molecule has 1 aromatic carbocycles. The van der Waals surface area contributed by atoms with Crippen LogP contribution in [0.5, 0.6) is 5.75 Å². The molecule has 3 aromatic heterocycles. The van der Waals surface area contributed by atoms with Gasteiger partial charge in [-0.1, -0.05) is 6.07 Å². The Morgan fingerprint density at radius 1 is 1.15 bits per heavy atom. The number of hydrogen-bond acceptors (Lipinski definition) is 5. The smallest absolute Gasteiger partial charge is 0.433 e. The molecule has 10 heteroatoms. The van der Waals surface area contributed by atoms with Crippen LogP contribution in [0.4, 0.5) is 13.2 Å². The number of fused-ring (bicyclic) bond motifs is 3. The highest BCUT2D eigenvalue weighted by Gasteiger charge is 2.32. The van der Waals surface area contributed by atoms with Gasteiger partial charge >= 0.3 is 6.18 Å². The number of halogens is 4. The Labute approximate surface area is 198 Å². The van der Waals surface area contributed by atoms with Gasteiger partial charge in [-0.15, -0.1) is 12.4 Å². The van der Waals surface area contributed by atoms with Crippen LogP contribution in [0.3, 0.4) is 0 Å². The number of nitrogens with zero attached hydrogens (tertiary/aromatic N) is 2. The van der Waals surface area contributed by atoms with Crippen molar-refractivity contribution >= 4 is 23.4 Å². The van der Waals surface area contributed by atoms with Crippen LogP contribution in [0.2, 0.25) is 0 Å². The lowest BCUT2D eigenvalue weighted by atomic mass is 10.1. The van der Waals surface area contributed by atoms with Crippen molar-refractivity contribution < 1.29 is 22.3 Å². The van der Waals surface area contributed by atoms with Crippen molar-refractivity contribution in [1.82, 2.24) is 14.9 Å². The standard InChI is InChI=1S/C24H20F3N3O3.ClH/c25-24(26,27)22-6-3-15(12-29-22)14-32-17-7-9-30(23(31)11-17)16-4-5-18-19-13-28-8-1-2-20(19)33-21(18)10-16;/h3-7,9-12,28H,1-2,8,13-14H2;1H. The lowest BCUT2D eigenvalue weighted by Crippen LogP contribution is -2.16. The Bertz CT molecular complexity index is 1360. The van der Waals surface area contributed by atoms with Crippen molar-refractivity contribution in [2.24, 2.45) is 0 Å². The molecule has 4 aromatic rings. The molecule has 0 aliphatic carbocycles. The fourth-order valence-corrected chi connectivity index (χ4v) is 3.93. The molecule has 0 saturated carbocycles. The third-order valence-corrected chi connectivity index (χ3v) is 5.61. The summed E-state index contributed by atoms with van der Waals surface area (Å²) in [5.41, 5.74) is 1.78. The first-order valence-electron chi connectivity index (χ1n) is 10.5. The molecule has 4 heterocycles. The molecule has 0 amide bonds. The van der Waals surface area contributed by atoms with E-state index >= 15 is 0 Å². The van der Waals surface area contributed by atoms with Crippen molar-refractivity contribution in [3.05, 3.63) is 87.8 Å². The highest BCUT2D eigenvalue weighted by molar-refractivity contribution is 5.85. The summed E-state index contributed by atoms with van der Waals surface area (Å²) < 4.78 is 51.0. The number of nitrogens with one attached hydrogen (secondary N) is 1. The molecular weight excluding hydrogens is 471 g/mol. The first-order chi connectivity index (χ1) is 15.9. The van der Waals surface area contributed by atoms with Crippen molar-refractivity contribution in [2.45, 2.75) is 32.2 Å². The zero-order chi connectivity index (χ0) is 23.0.